The third-order valence-electron chi connectivity index (χ3n) is 14.9. The van der Waals surface area contributed by atoms with E-state index in [4.69, 9.17) is 18.6 Å². The van der Waals surface area contributed by atoms with Crippen LogP contribution in [0.5, 0.6) is 0 Å². The van der Waals surface area contributed by atoms with E-state index in [9.17, 15) is 34.5 Å². The van der Waals surface area contributed by atoms with Crippen molar-refractivity contribution in [2.75, 3.05) is 76.0 Å². The van der Waals surface area contributed by atoms with E-state index in [1.54, 1.807) is 0 Å². The van der Waals surface area contributed by atoms with Gasteiger partial charge in [0.2, 0.25) is 0 Å². The van der Waals surface area contributed by atoms with Crippen molar-refractivity contribution in [3.05, 3.63) is 191 Å². The summed E-state index contributed by atoms with van der Waals surface area (Å²) in [6.07, 6.45) is 0. The number of nitrogens with zero attached hydrogens (tertiary/aromatic N) is 4. The van der Waals surface area contributed by atoms with Gasteiger partial charge in [-0.25, -0.2) is 0 Å². The highest BCUT2D eigenvalue weighted by molar-refractivity contribution is 6.62. The van der Waals surface area contributed by atoms with Gasteiger partial charge < -0.3 is 72.7 Å². The van der Waals surface area contributed by atoms with E-state index in [0.29, 0.717) is 0 Å². The second-order valence-corrected chi connectivity index (χ2v) is 22.7. The van der Waals surface area contributed by atoms with Crippen LogP contribution >= 0.6 is 0 Å². The molecule has 2 aliphatic heterocycles. The van der Waals surface area contributed by atoms with E-state index >= 15 is 0 Å². The Morgan fingerprint density at radius 1 is 0.325 bits per heavy atom. The fourth-order valence-corrected chi connectivity index (χ4v) is 9.02. The van der Waals surface area contributed by atoms with Crippen LogP contribution in [0.25, 0.3) is 11.1 Å². The highest BCUT2D eigenvalue weighted by atomic mass is 19.5. The van der Waals surface area contributed by atoms with Crippen molar-refractivity contribution < 1.29 is 53.1 Å². The highest BCUT2D eigenvalue weighted by Crippen LogP contribution is 2.49. The zero-order valence-electron chi connectivity index (χ0n) is 48.6. The molecule has 0 amide bonds. The first kappa shape index (κ1) is 62.7. The Balaban J connectivity index is 0.000000948. The van der Waals surface area contributed by atoms with Crippen LogP contribution in [0.3, 0.4) is 0 Å². The van der Waals surface area contributed by atoms with Gasteiger partial charge in [-0.3, -0.25) is 0 Å². The zero-order chi connectivity index (χ0) is 59.5. The van der Waals surface area contributed by atoms with E-state index in [1.807, 2.05) is 0 Å². The predicted octanol–water partition coefficient (Wildman–Crippen LogP) is 13.4. The maximum absolute atomic E-state index is 9.75. The standard InChI is InChI=1S/C60H72B2N4O4.2BF4/c1-57(2)58(3,4)68-61(67-57)47-29-17-45(18-30-47)55(53(41-21-33-49(34-22-41)63(9)10)42-23-35-50(36-24-42)64(11)12)56(46-19-31-48(32-20-46)62-69-59(5,6)60(7,8)70-62)54(43-25-37-51(38-26-43)65(13)14)44-27-39-52(40-28-44)66(15)16;2*2-1(3,4)5/h17-40H,1-16H3;;/q+2;2*-1/b56-55-;;. The monoisotopic (exact) mass is 1110 g/mol. The lowest BCUT2D eigenvalue weighted by molar-refractivity contribution is 0.00578. The van der Waals surface area contributed by atoms with Gasteiger partial charge in [0.05, 0.1) is 67.6 Å². The van der Waals surface area contributed by atoms with Gasteiger partial charge in [-0.2, -0.15) is 0 Å². The van der Waals surface area contributed by atoms with E-state index in [1.165, 1.54) is 0 Å². The maximum atomic E-state index is 9.75. The molecule has 0 N–H and O–H groups in total. The van der Waals surface area contributed by atoms with Gasteiger partial charge in [-0.05, 0) is 188 Å². The fraction of sp³-hybridized carbons (Fsp3) is 0.333. The summed E-state index contributed by atoms with van der Waals surface area (Å²) in [5.41, 5.74) is 13.1. The Morgan fingerprint density at radius 2 is 0.500 bits per heavy atom. The van der Waals surface area contributed by atoms with Gasteiger partial charge >= 0.3 is 28.7 Å². The summed E-state index contributed by atoms with van der Waals surface area (Å²) in [7, 11) is 3.66. The molecule has 0 aromatic heterocycles. The van der Waals surface area contributed by atoms with Crippen LogP contribution < -0.4 is 30.5 Å². The van der Waals surface area contributed by atoms with Crippen LogP contribution in [0.4, 0.5) is 57.3 Å². The summed E-state index contributed by atoms with van der Waals surface area (Å²) in [6, 6.07) is 53.5. The minimum absolute atomic E-state index is 0.479. The quantitative estimate of drug-likeness (QED) is 0.0463. The Labute approximate surface area is 469 Å². The van der Waals surface area contributed by atoms with Crippen molar-refractivity contribution in [1.29, 1.82) is 0 Å². The molecule has 8 nitrogen and oxygen atoms in total. The molecule has 0 saturated carbocycles. The molecule has 20 heteroatoms. The Bertz CT molecular complexity index is 2660. The summed E-state index contributed by atoms with van der Waals surface area (Å²) in [5.74, 6) is 2.19. The lowest BCUT2D eigenvalue weighted by Crippen LogP contribution is -2.41. The first-order valence-electron chi connectivity index (χ1n) is 26.2. The van der Waals surface area contributed by atoms with Crippen LogP contribution in [-0.4, -0.2) is 108 Å². The van der Waals surface area contributed by atoms with Crippen molar-refractivity contribution in [3.8, 4) is 0 Å². The molecule has 8 rings (SSSR count). The van der Waals surface area contributed by atoms with Crippen molar-refractivity contribution in [2.45, 2.75) is 77.8 Å². The van der Waals surface area contributed by atoms with Crippen molar-refractivity contribution in [1.82, 2.24) is 0 Å². The number of allylic oxidation sites excluding steroid dienone is 2. The third-order valence-corrected chi connectivity index (χ3v) is 14.9. The number of benzene rings is 6. The third kappa shape index (κ3) is 15.5. The Kier molecular flexibility index (Phi) is 19.1. The average molecular weight is 1110 g/mol. The molecular formula is C60H72B4F8N4O4. The van der Waals surface area contributed by atoms with Crippen LogP contribution in [0.15, 0.2) is 146 Å². The summed E-state index contributed by atoms with van der Waals surface area (Å²) >= 11 is 0. The molecule has 0 unspecified atom stereocenters. The molecule has 2 saturated heterocycles. The number of rotatable bonds is 14. The van der Waals surface area contributed by atoms with Crippen LogP contribution in [0, 0.1) is 11.8 Å². The number of hydrogen-bond donors (Lipinski definition) is 0. The van der Waals surface area contributed by atoms with Crippen LogP contribution in [0.1, 0.15) is 88.8 Å². The summed E-state index contributed by atoms with van der Waals surface area (Å²) < 4.78 is 104. The molecule has 2 fully saturated rings. The van der Waals surface area contributed by atoms with E-state index in [0.717, 1.165) is 90.0 Å². The molecule has 2 aliphatic rings. The van der Waals surface area contributed by atoms with Gasteiger partial charge in [0, 0.05) is 79.1 Å². The first-order valence-corrected chi connectivity index (χ1v) is 26.2. The normalized spacial score (nSPS) is 16.4. The lowest BCUT2D eigenvalue weighted by atomic mass is 9.70. The molecule has 6 aromatic rings. The van der Waals surface area contributed by atoms with Gasteiger partial charge in [-0.1, -0.05) is 24.3 Å². The molecule has 2 heterocycles. The molecule has 0 bridgehead atoms. The molecule has 6 aromatic carbocycles. The van der Waals surface area contributed by atoms with Crippen molar-refractivity contribution in [2.24, 2.45) is 0 Å². The molecule has 80 heavy (non-hydrogen) atoms. The molecular weight excluding hydrogens is 1040 g/mol. The minimum atomic E-state index is -6.00. The smallest absolute Gasteiger partial charge is 0.418 e. The van der Waals surface area contributed by atoms with E-state index in [2.05, 4.69) is 277 Å². The van der Waals surface area contributed by atoms with Crippen LogP contribution in [-0.2, 0) is 18.6 Å². The Morgan fingerprint density at radius 3 is 0.662 bits per heavy atom. The molecule has 0 spiro atoms. The Hall–Kier alpha value is -6.46. The van der Waals surface area contributed by atoms with E-state index < -0.39 is 51.1 Å². The maximum Gasteiger partial charge on any atom is 0.673 e. The van der Waals surface area contributed by atoms with Gasteiger partial charge in [0.25, 0.3) is 0 Å². The van der Waals surface area contributed by atoms with Crippen molar-refractivity contribution >= 4 is 73.6 Å². The van der Waals surface area contributed by atoms with E-state index in [-0.39, 0.29) is 0 Å². The van der Waals surface area contributed by atoms with Crippen LogP contribution in [0.2, 0.25) is 0 Å². The summed E-state index contributed by atoms with van der Waals surface area (Å²) in [6.45, 7) is 16.8. The zero-order valence-corrected chi connectivity index (χ0v) is 48.6. The first-order chi connectivity index (χ1) is 37.0. The molecule has 0 atom stereocenters. The lowest BCUT2D eigenvalue weighted by Gasteiger charge is -2.32. The molecule has 0 aliphatic carbocycles. The second kappa shape index (κ2) is 24.3. The number of anilines is 4. The SMILES string of the molecule is CN(C)c1ccc([C+](/C(=C(/c2ccc(B3OC(C)(C)C(C)(C)O3)cc2)[C+](c2ccc(N(C)C)cc2)c2ccc(N(C)C)cc2)c2ccc(B3OC(C)(C)C(C)(C)O3)cc2)c2ccc(N(C)C)cc2)cc1.F[B-](F)(F)F.F[B-](F)(F)F. The van der Waals surface area contributed by atoms with Crippen molar-refractivity contribution in [3.63, 3.8) is 0 Å². The fourth-order valence-electron chi connectivity index (χ4n) is 9.02. The average Bonchev–Trinajstić information content (AvgIpc) is 3.94. The van der Waals surface area contributed by atoms with Gasteiger partial charge in [-0.15, -0.1) is 0 Å². The summed E-state index contributed by atoms with van der Waals surface area (Å²) in [5, 5.41) is 0. The topological polar surface area (TPSA) is 49.9 Å². The van der Waals surface area contributed by atoms with Gasteiger partial charge in [0.15, 0.2) is 0 Å². The highest BCUT2D eigenvalue weighted by Gasteiger charge is 2.53. The molecule has 0 radical (unpaired) electrons. The minimum Gasteiger partial charge on any atom is -0.418 e. The van der Waals surface area contributed by atoms with Gasteiger partial charge in [0.1, 0.15) is 11.1 Å². The predicted molar refractivity (Wildman–Crippen MR) is 317 cm³/mol. The largest absolute Gasteiger partial charge is 0.673 e. The summed E-state index contributed by atoms with van der Waals surface area (Å²) in [4.78, 5) is 8.59. The number of halogens is 8. The second-order valence-electron chi connectivity index (χ2n) is 22.7. The number of hydrogen-bond acceptors (Lipinski definition) is 8. The molecule has 424 valence electrons.